The Hall–Kier alpha value is -1.76. The van der Waals surface area contributed by atoms with Gasteiger partial charge in [-0.3, -0.25) is 4.79 Å². The van der Waals surface area contributed by atoms with Gasteiger partial charge < -0.3 is 15.7 Å². The number of nitrogens with one attached hydrogen (secondary N) is 2. The lowest BCUT2D eigenvalue weighted by Crippen LogP contribution is -2.42. The second kappa shape index (κ2) is 9.26. The summed E-state index contributed by atoms with van der Waals surface area (Å²) in [6, 6.07) is 10.2. The normalized spacial score (nSPS) is 20.8. The zero-order valence-electron chi connectivity index (χ0n) is 14.7. The van der Waals surface area contributed by atoms with Crippen molar-refractivity contribution in [2.45, 2.75) is 37.8 Å². The van der Waals surface area contributed by atoms with Gasteiger partial charge in [-0.15, -0.1) is 11.3 Å². The summed E-state index contributed by atoms with van der Waals surface area (Å²) >= 11 is 1.57. The molecule has 0 saturated heterocycles. The number of hydrogen-bond donors (Lipinski definition) is 3. The number of amides is 1. The van der Waals surface area contributed by atoms with Gasteiger partial charge in [-0.05, 0) is 54.3 Å². The Morgan fingerprint density at radius 2 is 2.08 bits per heavy atom. The molecule has 26 heavy (non-hydrogen) atoms. The maximum atomic E-state index is 13.2. The number of rotatable bonds is 8. The van der Waals surface area contributed by atoms with E-state index >= 15 is 0 Å². The van der Waals surface area contributed by atoms with Crippen molar-refractivity contribution in [2.24, 2.45) is 5.92 Å². The summed E-state index contributed by atoms with van der Waals surface area (Å²) in [7, 11) is 0. The first-order valence-corrected chi connectivity index (χ1v) is 9.98. The molecule has 2 aromatic rings. The molecule has 3 rings (SSSR count). The zero-order chi connectivity index (χ0) is 18.4. The van der Waals surface area contributed by atoms with Crippen molar-refractivity contribution in [3.8, 4) is 0 Å². The molecule has 3 N–H and O–H groups in total. The summed E-state index contributed by atoms with van der Waals surface area (Å²) in [6.07, 6.45) is 4.07. The number of carbonyl (C=O) groups is 1. The molecule has 0 bridgehead atoms. The van der Waals surface area contributed by atoms with Crippen LogP contribution in [0.3, 0.4) is 0 Å². The Morgan fingerprint density at radius 1 is 1.27 bits per heavy atom. The van der Waals surface area contributed by atoms with Crippen LogP contribution in [0.5, 0.6) is 0 Å². The van der Waals surface area contributed by atoms with E-state index in [1.165, 1.54) is 12.1 Å². The third-order valence-electron chi connectivity index (χ3n) is 5.02. The predicted octanol–water partition coefficient (Wildman–Crippen LogP) is 3.23. The van der Waals surface area contributed by atoms with Crippen LogP contribution in [0.15, 0.2) is 41.8 Å². The van der Waals surface area contributed by atoms with Gasteiger partial charge in [0.15, 0.2) is 0 Å². The molecule has 6 heteroatoms. The lowest BCUT2D eigenvalue weighted by Gasteiger charge is -2.22. The van der Waals surface area contributed by atoms with Crippen LogP contribution in [0.25, 0.3) is 0 Å². The van der Waals surface area contributed by atoms with Gasteiger partial charge >= 0.3 is 0 Å². The zero-order valence-corrected chi connectivity index (χ0v) is 15.5. The molecule has 140 valence electrons. The van der Waals surface area contributed by atoms with Crippen molar-refractivity contribution in [1.82, 2.24) is 10.6 Å². The molecule has 0 spiro atoms. The number of carbonyl (C=O) groups excluding carboxylic acids is 1. The number of benzene rings is 1. The fourth-order valence-electron chi connectivity index (χ4n) is 3.68. The number of hydrogen-bond acceptors (Lipinski definition) is 4. The van der Waals surface area contributed by atoms with Gasteiger partial charge in [-0.2, -0.15) is 0 Å². The van der Waals surface area contributed by atoms with Crippen LogP contribution in [0, 0.1) is 11.7 Å². The first-order valence-electron chi connectivity index (χ1n) is 9.10. The Balaban J connectivity index is 1.61. The van der Waals surface area contributed by atoms with Crippen molar-refractivity contribution in [3.05, 3.63) is 58.0 Å². The van der Waals surface area contributed by atoms with Crippen LogP contribution >= 0.6 is 11.3 Å². The Bertz CT molecular complexity index is 690. The van der Waals surface area contributed by atoms with Crippen LogP contribution in [0.4, 0.5) is 4.39 Å². The van der Waals surface area contributed by atoms with E-state index < -0.39 is 0 Å². The molecule has 1 fully saturated rings. The molecule has 4 nitrogen and oxygen atoms in total. The van der Waals surface area contributed by atoms with E-state index in [-0.39, 0.29) is 30.9 Å². The second-order valence-corrected chi connectivity index (χ2v) is 7.74. The average molecular weight is 376 g/mol. The first-order chi connectivity index (χ1) is 12.7. The van der Waals surface area contributed by atoms with Gasteiger partial charge in [0, 0.05) is 17.5 Å². The van der Waals surface area contributed by atoms with Gasteiger partial charge in [0.2, 0.25) is 5.91 Å². The van der Waals surface area contributed by atoms with E-state index in [4.69, 9.17) is 5.11 Å². The Morgan fingerprint density at radius 3 is 2.77 bits per heavy atom. The molecule has 3 atom stereocenters. The van der Waals surface area contributed by atoms with E-state index in [0.29, 0.717) is 12.0 Å². The van der Waals surface area contributed by atoms with E-state index in [2.05, 4.69) is 10.6 Å². The minimum Gasteiger partial charge on any atom is -0.396 e. The van der Waals surface area contributed by atoms with Crippen LogP contribution in [-0.4, -0.2) is 30.2 Å². The molecule has 0 aliphatic heterocycles. The van der Waals surface area contributed by atoms with Crippen LogP contribution in [0.1, 0.15) is 42.2 Å². The molecule has 1 saturated carbocycles. The van der Waals surface area contributed by atoms with Gasteiger partial charge in [-0.25, -0.2) is 4.39 Å². The fourth-order valence-corrected chi connectivity index (χ4v) is 4.48. The SMILES string of the molecule is O=C(CN[C@@H]1CCC[C@H]1CCO)N[C@H](c1ccc(F)cc1)c1cccs1. The summed E-state index contributed by atoms with van der Waals surface area (Å²) < 4.78 is 13.2. The molecule has 0 radical (unpaired) electrons. The molecular weight excluding hydrogens is 351 g/mol. The number of aliphatic hydroxyl groups excluding tert-OH is 1. The van der Waals surface area contributed by atoms with Gasteiger partial charge in [0.1, 0.15) is 5.82 Å². The predicted molar refractivity (Wildman–Crippen MR) is 102 cm³/mol. The van der Waals surface area contributed by atoms with Gasteiger partial charge in [0.25, 0.3) is 0 Å². The van der Waals surface area contributed by atoms with Crippen molar-refractivity contribution < 1.29 is 14.3 Å². The first kappa shape index (κ1) is 19.0. The second-order valence-electron chi connectivity index (χ2n) is 6.76. The van der Waals surface area contributed by atoms with Gasteiger partial charge in [-0.1, -0.05) is 24.6 Å². The van der Waals surface area contributed by atoms with Crippen LogP contribution in [0.2, 0.25) is 0 Å². The van der Waals surface area contributed by atoms with Crippen LogP contribution < -0.4 is 10.6 Å². The monoisotopic (exact) mass is 376 g/mol. The van der Waals surface area contributed by atoms with E-state index in [0.717, 1.165) is 36.1 Å². The molecule has 1 amide bonds. The minimum atomic E-state index is -0.289. The highest BCUT2D eigenvalue weighted by molar-refractivity contribution is 7.10. The standard InChI is InChI=1S/C20H25FN2O2S/c21-16-8-6-15(7-9-16)20(18-5-2-12-26-18)23-19(25)13-22-17-4-1-3-14(17)10-11-24/h2,5-9,12,14,17,20,22,24H,1,3-4,10-11,13H2,(H,23,25)/t14-,17+,20+/m0/s1. The molecule has 1 aliphatic rings. The smallest absolute Gasteiger partial charge is 0.234 e. The largest absolute Gasteiger partial charge is 0.396 e. The van der Waals surface area contributed by atoms with Crippen molar-refractivity contribution in [3.63, 3.8) is 0 Å². The third kappa shape index (κ3) is 4.90. The maximum absolute atomic E-state index is 13.2. The number of aliphatic hydroxyl groups is 1. The number of halogens is 1. The summed E-state index contributed by atoms with van der Waals surface area (Å²) in [5.74, 6) is 0.0724. The quantitative estimate of drug-likeness (QED) is 0.663. The molecule has 1 aliphatic carbocycles. The lowest BCUT2D eigenvalue weighted by molar-refractivity contribution is -0.120. The number of thiophene rings is 1. The Kier molecular flexibility index (Phi) is 6.77. The highest BCUT2D eigenvalue weighted by Crippen LogP contribution is 2.28. The fraction of sp³-hybridized carbons (Fsp3) is 0.450. The molecule has 0 unspecified atom stereocenters. The lowest BCUT2D eigenvalue weighted by atomic mass is 10.00. The van der Waals surface area contributed by atoms with Crippen molar-refractivity contribution in [2.75, 3.05) is 13.2 Å². The summed E-state index contributed by atoms with van der Waals surface area (Å²) in [5, 5.41) is 17.5. The highest BCUT2D eigenvalue weighted by atomic mass is 32.1. The van der Waals surface area contributed by atoms with Crippen molar-refractivity contribution >= 4 is 17.2 Å². The third-order valence-corrected chi connectivity index (χ3v) is 5.96. The molecule has 1 aromatic carbocycles. The van der Waals surface area contributed by atoms with Crippen molar-refractivity contribution in [1.29, 1.82) is 0 Å². The van der Waals surface area contributed by atoms with E-state index in [1.807, 2.05) is 17.5 Å². The molecular formula is C20H25FN2O2S. The van der Waals surface area contributed by atoms with E-state index in [9.17, 15) is 9.18 Å². The summed E-state index contributed by atoms with van der Waals surface area (Å²) in [5.41, 5.74) is 0.862. The van der Waals surface area contributed by atoms with E-state index in [1.54, 1.807) is 23.5 Å². The summed E-state index contributed by atoms with van der Waals surface area (Å²) in [6.45, 7) is 0.440. The molecule has 1 aromatic heterocycles. The van der Waals surface area contributed by atoms with Gasteiger partial charge in [0.05, 0.1) is 12.6 Å². The van der Waals surface area contributed by atoms with Crippen LogP contribution in [-0.2, 0) is 4.79 Å². The Labute approximate surface area is 157 Å². The summed E-state index contributed by atoms with van der Waals surface area (Å²) in [4.78, 5) is 13.5. The highest BCUT2D eigenvalue weighted by Gasteiger charge is 2.27. The topological polar surface area (TPSA) is 61.4 Å². The molecule has 1 heterocycles. The average Bonchev–Trinajstić information content (AvgIpc) is 3.31. The maximum Gasteiger partial charge on any atom is 0.234 e. The minimum absolute atomic E-state index is 0.0811.